The highest BCUT2D eigenvalue weighted by Crippen LogP contribution is 2.28. The van der Waals surface area contributed by atoms with E-state index in [9.17, 15) is 4.79 Å². The van der Waals surface area contributed by atoms with Crippen LogP contribution in [0.25, 0.3) is 0 Å². The highest BCUT2D eigenvalue weighted by atomic mass is 16.2. The minimum Gasteiger partial charge on any atom is -0.369 e. The van der Waals surface area contributed by atoms with Crippen LogP contribution in [0.5, 0.6) is 0 Å². The number of rotatable bonds is 4. The lowest BCUT2D eigenvalue weighted by Gasteiger charge is -2.38. The van der Waals surface area contributed by atoms with Crippen LogP contribution in [0.1, 0.15) is 25.0 Å². The number of aliphatic imine (C=N–C) groups is 2. The SMILES string of the molecule is CC1(C)N=C(N)N=C(N)N1c1cccc(CNC(=O)Nc2cccc(C#N)c2)c1. The number of benzene rings is 2. The quantitative estimate of drug-likeness (QED) is 0.631. The number of carbonyl (C=O) groups is 1. The monoisotopic (exact) mass is 390 g/mol. The molecule has 0 spiro atoms. The van der Waals surface area contributed by atoms with Crippen molar-refractivity contribution in [3.63, 3.8) is 0 Å². The van der Waals surface area contributed by atoms with Gasteiger partial charge in [-0.15, -0.1) is 0 Å². The highest BCUT2D eigenvalue weighted by molar-refractivity contribution is 6.05. The molecule has 0 fully saturated rings. The molecule has 2 aromatic carbocycles. The average molecular weight is 390 g/mol. The normalized spacial score (nSPS) is 15.0. The van der Waals surface area contributed by atoms with Crippen molar-refractivity contribution in [1.82, 2.24) is 5.32 Å². The third-order valence-corrected chi connectivity index (χ3v) is 4.26. The Morgan fingerprint density at radius 3 is 2.69 bits per heavy atom. The van der Waals surface area contributed by atoms with Gasteiger partial charge < -0.3 is 22.1 Å². The molecule has 0 saturated carbocycles. The van der Waals surface area contributed by atoms with Crippen LogP contribution in [0.3, 0.4) is 0 Å². The zero-order valence-electron chi connectivity index (χ0n) is 16.2. The van der Waals surface area contributed by atoms with Gasteiger partial charge in [0.05, 0.1) is 11.6 Å². The van der Waals surface area contributed by atoms with Crippen molar-refractivity contribution in [3.05, 3.63) is 59.7 Å². The van der Waals surface area contributed by atoms with Gasteiger partial charge in [-0.1, -0.05) is 18.2 Å². The number of anilines is 2. The van der Waals surface area contributed by atoms with Gasteiger partial charge in [-0.05, 0) is 49.7 Å². The Labute approximate surface area is 168 Å². The lowest BCUT2D eigenvalue weighted by atomic mass is 10.1. The van der Waals surface area contributed by atoms with Gasteiger partial charge in [-0.3, -0.25) is 4.90 Å². The Kier molecular flexibility index (Phi) is 5.36. The van der Waals surface area contributed by atoms with E-state index in [1.807, 2.05) is 44.2 Å². The van der Waals surface area contributed by atoms with Crippen molar-refractivity contribution in [2.75, 3.05) is 10.2 Å². The van der Waals surface area contributed by atoms with Gasteiger partial charge in [0.15, 0.2) is 0 Å². The summed E-state index contributed by atoms with van der Waals surface area (Å²) < 4.78 is 0. The molecule has 9 heteroatoms. The largest absolute Gasteiger partial charge is 0.369 e. The molecule has 2 amide bonds. The standard InChI is InChI=1S/C20H22N8O/c1-20(2)27-17(22)26-18(23)28(20)16-8-4-6-14(10-16)12-24-19(29)25-15-7-3-5-13(9-15)11-21/h3-10H,12H2,1-2H3,(H2,24,25,29)(H4,22,23,26,27). The van der Waals surface area contributed by atoms with E-state index in [0.717, 1.165) is 11.3 Å². The highest BCUT2D eigenvalue weighted by Gasteiger charge is 2.32. The van der Waals surface area contributed by atoms with Gasteiger partial charge in [0.2, 0.25) is 11.9 Å². The first kappa shape index (κ1) is 19.7. The Balaban J connectivity index is 1.68. The van der Waals surface area contributed by atoms with Crippen LogP contribution in [0.4, 0.5) is 16.2 Å². The van der Waals surface area contributed by atoms with E-state index in [0.29, 0.717) is 17.8 Å². The van der Waals surface area contributed by atoms with Gasteiger partial charge >= 0.3 is 6.03 Å². The van der Waals surface area contributed by atoms with E-state index in [1.54, 1.807) is 29.2 Å². The zero-order chi connectivity index (χ0) is 21.0. The summed E-state index contributed by atoms with van der Waals surface area (Å²) in [6.07, 6.45) is 0. The van der Waals surface area contributed by atoms with Crippen LogP contribution in [-0.4, -0.2) is 23.6 Å². The molecule has 2 aromatic rings. The molecule has 29 heavy (non-hydrogen) atoms. The number of amides is 2. The number of nitrogens with zero attached hydrogens (tertiary/aromatic N) is 4. The summed E-state index contributed by atoms with van der Waals surface area (Å²) >= 11 is 0. The summed E-state index contributed by atoms with van der Waals surface area (Å²) in [5, 5.41) is 14.4. The molecule has 0 saturated heterocycles. The zero-order valence-corrected chi connectivity index (χ0v) is 16.2. The molecule has 1 aliphatic heterocycles. The first-order valence-electron chi connectivity index (χ1n) is 8.92. The summed E-state index contributed by atoms with van der Waals surface area (Å²) in [5.74, 6) is 0.390. The van der Waals surface area contributed by atoms with Crippen LogP contribution in [0.2, 0.25) is 0 Å². The second-order valence-corrected chi connectivity index (χ2v) is 6.94. The van der Waals surface area contributed by atoms with Crippen molar-refractivity contribution in [2.24, 2.45) is 21.5 Å². The predicted octanol–water partition coefficient (Wildman–Crippen LogP) is 2.07. The molecule has 9 nitrogen and oxygen atoms in total. The molecule has 0 radical (unpaired) electrons. The fourth-order valence-electron chi connectivity index (χ4n) is 3.08. The third kappa shape index (κ3) is 4.62. The molecule has 1 heterocycles. The van der Waals surface area contributed by atoms with E-state index >= 15 is 0 Å². The molecule has 148 valence electrons. The van der Waals surface area contributed by atoms with Crippen LogP contribution >= 0.6 is 0 Å². The number of guanidine groups is 2. The molecular weight excluding hydrogens is 368 g/mol. The Bertz CT molecular complexity index is 1030. The number of nitriles is 1. The van der Waals surface area contributed by atoms with E-state index in [2.05, 4.69) is 20.6 Å². The first-order chi connectivity index (χ1) is 13.8. The molecule has 0 atom stereocenters. The Morgan fingerprint density at radius 1 is 1.21 bits per heavy atom. The number of carbonyl (C=O) groups excluding carboxylic acids is 1. The van der Waals surface area contributed by atoms with Crippen LogP contribution in [-0.2, 0) is 6.54 Å². The number of urea groups is 1. The van der Waals surface area contributed by atoms with E-state index < -0.39 is 5.66 Å². The smallest absolute Gasteiger partial charge is 0.319 e. The number of hydrogen-bond donors (Lipinski definition) is 4. The van der Waals surface area contributed by atoms with Crippen molar-refractivity contribution in [3.8, 4) is 6.07 Å². The number of nitrogens with two attached hydrogens (primary N) is 2. The topological polar surface area (TPSA) is 145 Å². The number of hydrogen-bond acceptors (Lipinski definition) is 7. The van der Waals surface area contributed by atoms with Crippen LogP contribution < -0.4 is 27.0 Å². The third-order valence-electron chi connectivity index (χ3n) is 4.26. The number of nitrogens with one attached hydrogen (secondary N) is 2. The first-order valence-corrected chi connectivity index (χ1v) is 8.92. The minimum absolute atomic E-state index is 0.138. The van der Waals surface area contributed by atoms with Crippen molar-refractivity contribution < 1.29 is 4.79 Å². The molecule has 6 N–H and O–H groups in total. The maximum atomic E-state index is 12.2. The molecule has 1 aliphatic rings. The summed E-state index contributed by atoms with van der Waals surface area (Å²) in [6, 6.07) is 15.9. The Morgan fingerprint density at radius 2 is 1.97 bits per heavy atom. The summed E-state index contributed by atoms with van der Waals surface area (Å²) in [5.41, 5.74) is 13.8. The van der Waals surface area contributed by atoms with Gasteiger partial charge in [0.25, 0.3) is 0 Å². The summed E-state index contributed by atoms with van der Waals surface area (Å²) in [4.78, 5) is 22.3. The van der Waals surface area contributed by atoms with Crippen molar-refractivity contribution in [1.29, 1.82) is 5.26 Å². The lowest BCUT2D eigenvalue weighted by molar-refractivity contribution is 0.251. The molecule has 3 rings (SSSR count). The van der Waals surface area contributed by atoms with E-state index in [1.165, 1.54) is 0 Å². The van der Waals surface area contributed by atoms with Crippen LogP contribution in [0, 0.1) is 11.3 Å². The van der Waals surface area contributed by atoms with Crippen molar-refractivity contribution in [2.45, 2.75) is 26.1 Å². The maximum Gasteiger partial charge on any atom is 0.319 e. The second-order valence-electron chi connectivity index (χ2n) is 6.94. The van der Waals surface area contributed by atoms with Gasteiger partial charge in [-0.25, -0.2) is 9.79 Å². The van der Waals surface area contributed by atoms with Crippen LogP contribution in [0.15, 0.2) is 58.5 Å². The Hall–Kier alpha value is -4.06. The lowest BCUT2D eigenvalue weighted by Crippen LogP contribution is -2.54. The average Bonchev–Trinajstić information content (AvgIpc) is 2.65. The van der Waals surface area contributed by atoms with Crippen molar-refractivity contribution >= 4 is 29.3 Å². The maximum absolute atomic E-state index is 12.2. The minimum atomic E-state index is -0.689. The fraction of sp³-hybridized carbons (Fsp3) is 0.200. The molecule has 0 aliphatic carbocycles. The molecule has 0 aromatic heterocycles. The fourth-order valence-corrected chi connectivity index (χ4v) is 3.08. The predicted molar refractivity (Wildman–Crippen MR) is 113 cm³/mol. The summed E-state index contributed by atoms with van der Waals surface area (Å²) in [6.45, 7) is 4.07. The van der Waals surface area contributed by atoms with E-state index in [4.69, 9.17) is 16.7 Å². The van der Waals surface area contributed by atoms with Gasteiger partial charge in [0, 0.05) is 17.9 Å². The van der Waals surface area contributed by atoms with Gasteiger partial charge in [-0.2, -0.15) is 10.3 Å². The summed E-state index contributed by atoms with van der Waals surface area (Å²) in [7, 11) is 0. The van der Waals surface area contributed by atoms with Gasteiger partial charge in [0.1, 0.15) is 5.66 Å². The molecule has 0 unspecified atom stereocenters. The van der Waals surface area contributed by atoms with E-state index in [-0.39, 0.29) is 18.0 Å². The molecular formula is C20H22N8O. The molecule has 0 bridgehead atoms. The second kappa shape index (κ2) is 7.90.